The van der Waals surface area contributed by atoms with E-state index in [2.05, 4.69) is 15.9 Å². The van der Waals surface area contributed by atoms with Gasteiger partial charge < -0.3 is 10.6 Å². The summed E-state index contributed by atoms with van der Waals surface area (Å²) in [5.41, 5.74) is 5.82. The van der Waals surface area contributed by atoms with E-state index in [9.17, 15) is 4.79 Å². The first kappa shape index (κ1) is 16.9. The van der Waals surface area contributed by atoms with Crippen molar-refractivity contribution < 1.29 is 4.79 Å². The Hall–Kier alpha value is -0.100. The molecule has 0 bridgehead atoms. The van der Waals surface area contributed by atoms with Crippen LogP contribution < -0.4 is 5.73 Å². The predicted molar refractivity (Wildman–Crippen MR) is 78.6 cm³/mol. The first-order chi connectivity index (χ1) is 7.41. The number of thiophene rings is 1. The molecule has 2 N–H and O–H groups in total. The van der Waals surface area contributed by atoms with E-state index in [0.29, 0.717) is 6.54 Å². The molecule has 0 unspecified atom stereocenters. The molecule has 0 aliphatic carbocycles. The molecule has 0 fully saturated rings. The summed E-state index contributed by atoms with van der Waals surface area (Å²) in [5.74, 6) is 0.171. The Bertz CT molecular complexity index is 370. The average molecular weight is 342 g/mol. The zero-order valence-corrected chi connectivity index (χ0v) is 13.4. The maximum atomic E-state index is 11.9. The Kier molecular flexibility index (Phi) is 7.32. The van der Waals surface area contributed by atoms with Crippen LogP contribution >= 0.6 is 39.7 Å². The average Bonchev–Trinajstić information content (AvgIpc) is 2.61. The topological polar surface area (TPSA) is 46.3 Å². The number of carbonyl (C=O) groups is 1. The van der Waals surface area contributed by atoms with Crippen LogP contribution in [0.4, 0.5) is 0 Å². The predicted octanol–water partition coefficient (Wildman–Crippen LogP) is 2.87. The number of amides is 1. The van der Waals surface area contributed by atoms with Gasteiger partial charge in [0, 0.05) is 21.8 Å². The van der Waals surface area contributed by atoms with E-state index in [-0.39, 0.29) is 24.2 Å². The van der Waals surface area contributed by atoms with Gasteiger partial charge in [0.1, 0.15) is 0 Å². The zero-order valence-electron chi connectivity index (χ0n) is 10.1. The molecule has 0 saturated carbocycles. The normalized spacial score (nSPS) is 12.1. The Balaban J connectivity index is 0.00000256. The number of likely N-dealkylation sites (N-methyl/N-ethyl adjacent to an activating group) is 1. The summed E-state index contributed by atoms with van der Waals surface area (Å²) >= 11 is 5.03. The first-order valence-corrected chi connectivity index (χ1v) is 6.82. The fraction of sp³-hybridized carbons (Fsp3) is 0.545. The largest absolute Gasteiger partial charge is 0.339 e. The van der Waals surface area contributed by atoms with Crippen molar-refractivity contribution in [3.05, 3.63) is 20.8 Å². The van der Waals surface area contributed by atoms with Crippen LogP contribution in [0.1, 0.15) is 18.7 Å². The van der Waals surface area contributed by atoms with Crippen LogP contribution in [0.2, 0.25) is 0 Å². The van der Waals surface area contributed by atoms with Gasteiger partial charge in [0.15, 0.2) is 0 Å². The van der Waals surface area contributed by atoms with Crippen LogP contribution in [0.3, 0.4) is 0 Å². The van der Waals surface area contributed by atoms with E-state index in [4.69, 9.17) is 5.73 Å². The molecule has 0 aliphatic heterocycles. The second kappa shape index (κ2) is 7.36. The van der Waals surface area contributed by atoms with E-state index in [1.54, 1.807) is 23.3 Å². The third-order valence-electron chi connectivity index (χ3n) is 2.39. The number of nitrogens with zero attached hydrogens (tertiary/aromatic N) is 1. The van der Waals surface area contributed by atoms with Crippen molar-refractivity contribution in [1.82, 2.24) is 4.90 Å². The molecule has 6 heteroatoms. The van der Waals surface area contributed by atoms with Crippen molar-refractivity contribution in [2.75, 3.05) is 7.05 Å². The molecule has 1 heterocycles. The number of rotatable bonds is 4. The second-order valence-corrected chi connectivity index (χ2v) is 6.11. The van der Waals surface area contributed by atoms with Crippen LogP contribution in [0.15, 0.2) is 15.9 Å². The van der Waals surface area contributed by atoms with Gasteiger partial charge >= 0.3 is 0 Å². The van der Waals surface area contributed by atoms with Gasteiger partial charge in [0.25, 0.3) is 0 Å². The van der Waals surface area contributed by atoms with Crippen molar-refractivity contribution in [2.45, 2.75) is 26.4 Å². The smallest absolute Gasteiger partial charge is 0.239 e. The minimum Gasteiger partial charge on any atom is -0.339 e. The SMILES string of the molecule is CC(C)[C@H](N)C(=O)N(C)Cc1cc(Br)cs1.Cl. The van der Waals surface area contributed by atoms with Gasteiger partial charge in [0.05, 0.1) is 12.6 Å². The summed E-state index contributed by atoms with van der Waals surface area (Å²) in [6.07, 6.45) is 0. The minimum absolute atomic E-state index is 0. The molecule has 0 spiro atoms. The Morgan fingerprint density at radius 3 is 2.59 bits per heavy atom. The molecule has 98 valence electrons. The van der Waals surface area contributed by atoms with Crippen molar-refractivity contribution >= 4 is 45.6 Å². The number of hydrogen-bond donors (Lipinski definition) is 1. The quantitative estimate of drug-likeness (QED) is 0.915. The van der Waals surface area contributed by atoms with Gasteiger partial charge in [0.2, 0.25) is 5.91 Å². The summed E-state index contributed by atoms with van der Waals surface area (Å²) in [7, 11) is 1.79. The van der Waals surface area contributed by atoms with E-state index in [1.165, 1.54) is 0 Å². The van der Waals surface area contributed by atoms with E-state index >= 15 is 0 Å². The Labute approximate surface area is 121 Å². The molecule has 1 amide bonds. The van der Waals surface area contributed by atoms with Gasteiger partial charge in [-0.1, -0.05) is 13.8 Å². The number of halogens is 2. The Morgan fingerprint density at radius 1 is 1.59 bits per heavy atom. The van der Waals surface area contributed by atoms with Gasteiger partial charge in [-0.2, -0.15) is 0 Å². The molecule has 1 aromatic heterocycles. The fourth-order valence-corrected chi connectivity index (χ4v) is 2.79. The van der Waals surface area contributed by atoms with Crippen molar-refractivity contribution in [1.29, 1.82) is 0 Å². The number of nitrogens with two attached hydrogens (primary N) is 1. The molecule has 1 atom stereocenters. The highest BCUT2D eigenvalue weighted by Gasteiger charge is 2.21. The molecule has 17 heavy (non-hydrogen) atoms. The fourth-order valence-electron chi connectivity index (χ4n) is 1.29. The van der Waals surface area contributed by atoms with Crippen LogP contribution in [0.5, 0.6) is 0 Å². The molecule has 0 aliphatic rings. The molecule has 0 saturated heterocycles. The third kappa shape index (κ3) is 4.95. The highest BCUT2D eigenvalue weighted by atomic mass is 79.9. The van der Waals surface area contributed by atoms with Crippen molar-refractivity contribution in [2.24, 2.45) is 11.7 Å². The lowest BCUT2D eigenvalue weighted by molar-refractivity contribution is -0.132. The summed E-state index contributed by atoms with van der Waals surface area (Å²) in [4.78, 5) is 14.7. The monoisotopic (exact) mass is 340 g/mol. The molecule has 0 radical (unpaired) electrons. The number of hydrogen-bond acceptors (Lipinski definition) is 3. The van der Waals surface area contributed by atoms with Gasteiger partial charge in [-0.25, -0.2) is 0 Å². The first-order valence-electron chi connectivity index (χ1n) is 5.15. The molecular weight excluding hydrogens is 324 g/mol. The molecule has 1 rings (SSSR count). The lowest BCUT2D eigenvalue weighted by atomic mass is 10.0. The third-order valence-corrected chi connectivity index (χ3v) is 4.08. The summed E-state index contributed by atoms with van der Waals surface area (Å²) in [5, 5.41) is 2.01. The van der Waals surface area contributed by atoms with Crippen LogP contribution in [-0.2, 0) is 11.3 Å². The van der Waals surface area contributed by atoms with Gasteiger partial charge in [-0.15, -0.1) is 23.7 Å². The summed E-state index contributed by atoms with van der Waals surface area (Å²) in [6, 6.07) is 1.61. The zero-order chi connectivity index (χ0) is 12.3. The van der Waals surface area contributed by atoms with Crippen molar-refractivity contribution in [3.63, 3.8) is 0 Å². The molecular formula is C11H18BrClN2OS. The molecule has 1 aromatic rings. The lowest BCUT2D eigenvalue weighted by Gasteiger charge is -2.22. The standard InChI is InChI=1S/C11H17BrN2OS.ClH/c1-7(2)10(13)11(15)14(3)5-9-4-8(12)6-16-9;/h4,6-7,10H,5,13H2,1-3H3;1H/t10-;/m0./s1. The van der Waals surface area contributed by atoms with Gasteiger partial charge in [-0.3, -0.25) is 4.79 Å². The second-order valence-electron chi connectivity index (χ2n) is 4.20. The summed E-state index contributed by atoms with van der Waals surface area (Å²) < 4.78 is 1.06. The number of carbonyl (C=O) groups excluding carboxylic acids is 1. The maximum absolute atomic E-state index is 11.9. The van der Waals surface area contributed by atoms with E-state index in [0.717, 1.165) is 9.35 Å². The molecule has 3 nitrogen and oxygen atoms in total. The Morgan fingerprint density at radius 2 is 2.18 bits per heavy atom. The van der Waals surface area contributed by atoms with Crippen LogP contribution in [0.25, 0.3) is 0 Å². The van der Waals surface area contributed by atoms with E-state index in [1.807, 2.05) is 25.3 Å². The summed E-state index contributed by atoms with van der Waals surface area (Å²) in [6.45, 7) is 4.53. The van der Waals surface area contributed by atoms with Crippen LogP contribution in [-0.4, -0.2) is 23.9 Å². The van der Waals surface area contributed by atoms with Crippen LogP contribution in [0, 0.1) is 5.92 Å². The lowest BCUT2D eigenvalue weighted by Crippen LogP contribution is -2.44. The highest BCUT2D eigenvalue weighted by molar-refractivity contribution is 9.10. The highest BCUT2D eigenvalue weighted by Crippen LogP contribution is 2.21. The molecule has 0 aromatic carbocycles. The van der Waals surface area contributed by atoms with Gasteiger partial charge in [-0.05, 0) is 27.9 Å². The maximum Gasteiger partial charge on any atom is 0.239 e. The minimum atomic E-state index is -0.409. The van der Waals surface area contributed by atoms with Crippen molar-refractivity contribution in [3.8, 4) is 0 Å². The van der Waals surface area contributed by atoms with E-state index < -0.39 is 6.04 Å².